The van der Waals surface area contributed by atoms with Gasteiger partial charge < -0.3 is 18.8 Å². The Bertz CT molecular complexity index is 1190. The minimum Gasteiger partial charge on any atom is -0.454 e. The second-order valence-corrected chi connectivity index (χ2v) is 6.41. The molecule has 146 valence electrons. The number of ether oxygens (including phenoxy) is 3. The Kier molecular flexibility index (Phi) is 4.38. The monoisotopic (exact) mass is 386 g/mol. The molecule has 1 aliphatic rings. The number of carbonyl (C=O) groups excluding carboxylic acids is 1. The van der Waals surface area contributed by atoms with Gasteiger partial charge in [0.25, 0.3) is 5.56 Å². The number of nitrogens with zero attached hydrogens (tertiary/aromatic N) is 4. The maximum Gasteiger partial charge on any atom is 0.332 e. The predicted molar refractivity (Wildman–Crippen MR) is 97.6 cm³/mol. The zero-order chi connectivity index (χ0) is 19.8. The van der Waals surface area contributed by atoms with Crippen molar-refractivity contribution in [1.82, 2.24) is 18.7 Å². The Labute approximate surface area is 158 Å². The average Bonchev–Trinajstić information content (AvgIpc) is 3.31. The molecule has 0 saturated heterocycles. The molecule has 10 nitrogen and oxygen atoms in total. The number of fused-ring (bicyclic) bond motifs is 2. The zero-order valence-electron chi connectivity index (χ0n) is 15.4. The molecule has 0 N–H and O–H groups in total. The Morgan fingerprint density at radius 1 is 1.18 bits per heavy atom. The highest BCUT2D eigenvalue weighted by atomic mass is 16.7. The second-order valence-electron chi connectivity index (χ2n) is 6.41. The van der Waals surface area contributed by atoms with Gasteiger partial charge >= 0.3 is 11.7 Å². The molecule has 28 heavy (non-hydrogen) atoms. The molecule has 4 rings (SSSR count). The van der Waals surface area contributed by atoms with E-state index in [1.54, 1.807) is 29.8 Å². The van der Waals surface area contributed by atoms with Crippen LogP contribution in [0.4, 0.5) is 0 Å². The smallest absolute Gasteiger partial charge is 0.332 e. The van der Waals surface area contributed by atoms with Crippen molar-refractivity contribution < 1.29 is 19.0 Å². The number of aromatic nitrogens is 4. The summed E-state index contributed by atoms with van der Waals surface area (Å²) in [5, 5.41) is 0. The van der Waals surface area contributed by atoms with Crippen molar-refractivity contribution >= 4 is 17.1 Å². The molecule has 0 atom stereocenters. The van der Waals surface area contributed by atoms with Gasteiger partial charge in [0.05, 0.1) is 6.33 Å². The lowest BCUT2D eigenvalue weighted by atomic mass is 10.3. The molecule has 0 saturated carbocycles. The fourth-order valence-corrected chi connectivity index (χ4v) is 3.08. The van der Waals surface area contributed by atoms with Gasteiger partial charge in [0.1, 0.15) is 5.75 Å². The van der Waals surface area contributed by atoms with Crippen LogP contribution in [0.5, 0.6) is 17.2 Å². The van der Waals surface area contributed by atoms with Crippen LogP contribution in [0.25, 0.3) is 11.2 Å². The molecule has 0 bridgehead atoms. The summed E-state index contributed by atoms with van der Waals surface area (Å²) < 4.78 is 19.8. The van der Waals surface area contributed by atoms with Crippen molar-refractivity contribution in [2.75, 3.05) is 6.79 Å². The standard InChI is InChI=1S/C18H18N4O6/c1-20-16-15(17(24)21(2)18(20)25)22(9-19-16)7-3-4-14(23)28-11-5-6-12-13(8-11)27-10-26-12/h5-6,8-9H,3-4,7,10H2,1-2H3. The lowest BCUT2D eigenvalue weighted by Crippen LogP contribution is -2.37. The van der Waals surface area contributed by atoms with Crippen LogP contribution in [-0.2, 0) is 25.4 Å². The van der Waals surface area contributed by atoms with E-state index in [4.69, 9.17) is 14.2 Å². The van der Waals surface area contributed by atoms with Crippen LogP contribution in [-0.4, -0.2) is 31.4 Å². The Balaban J connectivity index is 1.42. The average molecular weight is 386 g/mol. The molecular formula is C18H18N4O6. The third-order valence-electron chi connectivity index (χ3n) is 4.57. The molecule has 3 aromatic rings. The summed E-state index contributed by atoms with van der Waals surface area (Å²) in [6, 6.07) is 4.93. The second kappa shape index (κ2) is 6.87. The molecule has 1 aliphatic heterocycles. The number of hydrogen-bond acceptors (Lipinski definition) is 7. The van der Waals surface area contributed by atoms with Gasteiger partial charge in [-0.3, -0.25) is 18.7 Å². The Morgan fingerprint density at radius 3 is 2.79 bits per heavy atom. The number of imidazole rings is 1. The molecule has 0 radical (unpaired) electrons. The van der Waals surface area contributed by atoms with Gasteiger partial charge in [-0.15, -0.1) is 0 Å². The van der Waals surface area contributed by atoms with Crippen LogP contribution < -0.4 is 25.5 Å². The number of rotatable bonds is 5. The fraction of sp³-hybridized carbons (Fsp3) is 0.333. The largest absolute Gasteiger partial charge is 0.454 e. The SMILES string of the molecule is Cn1c(=O)c2c(ncn2CCCC(=O)Oc2ccc3c(c2)OCO3)n(C)c1=O. The highest BCUT2D eigenvalue weighted by Crippen LogP contribution is 2.35. The molecule has 10 heteroatoms. The maximum absolute atomic E-state index is 12.4. The molecule has 0 fully saturated rings. The summed E-state index contributed by atoms with van der Waals surface area (Å²) in [7, 11) is 2.98. The minimum absolute atomic E-state index is 0.149. The first-order chi connectivity index (χ1) is 13.5. The molecule has 3 heterocycles. The van der Waals surface area contributed by atoms with Crippen LogP contribution in [0.3, 0.4) is 0 Å². The number of hydrogen-bond donors (Lipinski definition) is 0. The fourth-order valence-electron chi connectivity index (χ4n) is 3.08. The van der Waals surface area contributed by atoms with E-state index in [0.717, 1.165) is 4.57 Å². The molecule has 0 unspecified atom stereocenters. The zero-order valence-corrected chi connectivity index (χ0v) is 15.4. The summed E-state index contributed by atoms with van der Waals surface area (Å²) in [5.41, 5.74) is -0.210. The lowest BCUT2D eigenvalue weighted by Gasteiger charge is -2.07. The third-order valence-corrected chi connectivity index (χ3v) is 4.57. The summed E-state index contributed by atoms with van der Waals surface area (Å²) in [6.45, 7) is 0.539. The normalized spacial score (nSPS) is 12.5. The highest BCUT2D eigenvalue weighted by molar-refractivity contribution is 5.73. The lowest BCUT2D eigenvalue weighted by molar-refractivity contribution is -0.134. The van der Waals surface area contributed by atoms with Crippen molar-refractivity contribution in [1.29, 1.82) is 0 Å². The first-order valence-electron chi connectivity index (χ1n) is 8.67. The van der Waals surface area contributed by atoms with E-state index < -0.39 is 17.2 Å². The summed E-state index contributed by atoms with van der Waals surface area (Å²) in [5.74, 6) is 1.13. The van der Waals surface area contributed by atoms with Gasteiger partial charge in [0.15, 0.2) is 22.7 Å². The van der Waals surface area contributed by atoms with Crippen molar-refractivity contribution in [3.63, 3.8) is 0 Å². The number of aryl methyl sites for hydroxylation is 2. The van der Waals surface area contributed by atoms with Crippen LogP contribution in [0.15, 0.2) is 34.1 Å². The topological polar surface area (TPSA) is 107 Å². The summed E-state index contributed by atoms with van der Waals surface area (Å²) >= 11 is 0. The van der Waals surface area contributed by atoms with Gasteiger partial charge in [0.2, 0.25) is 6.79 Å². The van der Waals surface area contributed by atoms with E-state index in [1.807, 2.05) is 0 Å². The Morgan fingerprint density at radius 2 is 1.96 bits per heavy atom. The van der Waals surface area contributed by atoms with Crippen molar-refractivity contribution in [2.45, 2.75) is 19.4 Å². The molecule has 0 amide bonds. The third kappa shape index (κ3) is 3.02. The van der Waals surface area contributed by atoms with Gasteiger partial charge in [-0.2, -0.15) is 0 Å². The molecule has 0 aliphatic carbocycles. The van der Waals surface area contributed by atoms with Gasteiger partial charge in [-0.1, -0.05) is 0 Å². The first-order valence-corrected chi connectivity index (χ1v) is 8.67. The van der Waals surface area contributed by atoms with E-state index in [2.05, 4.69) is 4.98 Å². The van der Waals surface area contributed by atoms with Crippen LogP contribution in [0.1, 0.15) is 12.8 Å². The quantitative estimate of drug-likeness (QED) is 0.465. The number of benzene rings is 1. The molecule has 0 spiro atoms. The van der Waals surface area contributed by atoms with E-state index in [0.29, 0.717) is 41.4 Å². The van der Waals surface area contributed by atoms with Gasteiger partial charge in [-0.25, -0.2) is 9.78 Å². The van der Waals surface area contributed by atoms with E-state index >= 15 is 0 Å². The minimum atomic E-state index is -0.435. The molecular weight excluding hydrogens is 368 g/mol. The van der Waals surface area contributed by atoms with E-state index in [1.165, 1.54) is 17.9 Å². The first kappa shape index (κ1) is 17.8. The van der Waals surface area contributed by atoms with Gasteiger partial charge in [0, 0.05) is 33.1 Å². The summed E-state index contributed by atoms with van der Waals surface area (Å²) in [4.78, 5) is 40.6. The number of esters is 1. The molecule has 1 aromatic carbocycles. The summed E-state index contributed by atoms with van der Waals surface area (Å²) in [6.07, 6.45) is 2.09. The van der Waals surface area contributed by atoms with Gasteiger partial charge in [-0.05, 0) is 18.6 Å². The van der Waals surface area contributed by atoms with Crippen molar-refractivity contribution in [3.8, 4) is 17.2 Å². The van der Waals surface area contributed by atoms with Crippen LogP contribution >= 0.6 is 0 Å². The number of carbonyl (C=O) groups is 1. The van der Waals surface area contributed by atoms with Crippen molar-refractivity contribution in [3.05, 3.63) is 45.4 Å². The van der Waals surface area contributed by atoms with E-state index in [9.17, 15) is 14.4 Å². The maximum atomic E-state index is 12.4. The Hall–Kier alpha value is -3.56. The highest BCUT2D eigenvalue weighted by Gasteiger charge is 2.16. The van der Waals surface area contributed by atoms with Crippen molar-refractivity contribution in [2.24, 2.45) is 14.1 Å². The molecule has 2 aromatic heterocycles. The van der Waals surface area contributed by atoms with E-state index in [-0.39, 0.29) is 13.2 Å². The predicted octanol–water partition coefficient (Wildman–Crippen LogP) is 0.548. The van der Waals surface area contributed by atoms with Crippen LogP contribution in [0.2, 0.25) is 0 Å². The van der Waals surface area contributed by atoms with Crippen LogP contribution in [0, 0.1) is 0 Å².